The van der Waals surface area contributed by atoms with Gasteiger partial charge < -0.3 is 20.5 Å². The standard InChI is InChI=1S/C20H33N3O2/c1-4-21-19(23-14-20(8-10-24)9-11-25-15-20)22-13-17(3)18-7-5-6-16(2)12-18/h5-7,12,17,24H,4,8-11,13-15H2,1-3H3,(H2,21,22,23). The number of nitrogens with zero attached hydrogens (tertiary/aromatic N) is 1. The van der Waals surface area contributed by atoms with Crippen molar-refractivity contribution in [1.82, 2.24) is 10.6 Å². The van der Waals surface area contributed by atoms with Crippen LogP contribution in [0.2, 0.25) is 0 Å². The van der Waals surface area contributed by atoms with E-state index in [9.17, 15) is 5.11 Å². The van der Waals surface area contributed by atoms with E-state index >= 15 is 0 Å². The highest BCUT2D eigenvalue weighted by molar-refractivity contribution is 5.79. The van der Waals surface area contributed by atoms with E-state index in [2.05, 4.69) is 55.7 Å². The second kappa shape index (κ2) is 9.78. The molecule has 2 atom stereocenters. The Morgan fingerprint density at radius 1 is 1.40 bits per heavy atom. The van der Waals surface area contributed by atoms with Crippen LogP contribution in [0, 0.1) is 12.3 Å². The molecule has 5 nitrogen and oxygen atoms in total. The summed E-state index contributed by atoms with van der Waals surface area (Å²) >= 11 is 0. The first-order valence-electron chi connectivity index (χ1n) is 9.36. The normalized spacial score (nSPS) is 22.0. The maximum Gasteiger partial charge on any atom is 0.191 e. The summed E-state index contributed by atoms with van der Waals surface area (Å²) in [6, 6.07) is 8.65. The third kappa shape index (κ3) is 6.01. The average molecular weight is 348 g/mol. The van der Waals surface area contributed by atoms with Crippen molar-refractivity contribution in [3.05, 3.63) is 35.4 Å². The van der Waals surface area contributed by atoms with Gasteiger partial charge in [-0.3, -0.25) is 4.99 Å². The van der Waals surface area contributed by atoms with Crippen molar-refractivity contribution in [2.45, 2.75) is 39.5 Å². The molecule has 0 bridgehead atoms. The van der Waals surface area contributed by atoms with Crippen molar-refractivity contribution >= 4 is 5.96 Å². The molecule has 2 unspecified atom stereocenters. The van der Waals surface area contributed by atoms with Gasteiger partial charge in [-0.25, -0.2) is 0 Å². The molecule has 0 saturated carbocycles. The molecule has 1 fully saturated rings. The Bertz CT molecular complexity index is 554. The molecule has 1 aromatic carbocycles. The summed E-state index contributed by atoms with van der Waals surface area (Å²) in [6.45, 7) is 10.4. The number of ether oxygens (including phenoxy) is 1. The van der Waals surface area contributed by atoms with Crippen molar-refractivity contribution < 1.29 is 9.84 Å². The van der Waals surface area contributed by atoms with Crippen molar-refractivity contribution in [3.63, 3.8) is 0 Å². The van der Waals surface area contributed by atoms with E-state index in [4.69, 9.17) is 9.73 Å². The van der Waals surface area contributed by atoms with Gasteiger partial charge in [0.05, 0.1) is 13.2 Å². The van der Waals surface area contributed by atoms with Crippen LogP contribution in [0.25, 0.3) is 0 Å². The number of aliphatic imine (C=N–C) groups is 1. The fraction of sp³-hybridized carbons (Fsp3) is 0.650. The number of aliphatic hydroxyl groups is 1. The zero-order valence-corrected chi connectivity index (χ0v) is 15.8. The Kier molecular flexibility index (Phi) is 7.72. The predicted octanol–water partition coefficient (Wildman–Crippen LogP) is 2.44. The third-order valence-electron chi connectivity index (χ3n) is 4.93. The van der Waals surface area contributed by atoms with Gasteiger partial charge in [0, 0.05) is 31.7 Å². The lowest BCUT2D eigenvalue weighted by Crippen LogP contribution is -2.40. The molecule has 3 N–H and O–H groups in total. The van der Waals surface area contributed by atoms with Gasteiger partial charge in [0.2, 0.25) is 0 Å². The first-order valence-corrected chi connectivity index (χ1v) is 9.36. The average Bonchev–Trinajstić information content (AvgIpc) is 3.06. The lowest BCUT2D eigenvalue weighted by Gasteiger charge is -2.25. The molecule has 25 heavy (non-hydrogen) atoms. The van der Waals surface area contributed by atoms with Gasteiger partial charge in [-0.1, -0.05) is 36.8 Å². The SMILES string of the molecule is CCNC(=NCC1(CCO)CCOC1)NCC(C)c1cccc(C)c1. The number of benzene rings is 1. The first-order chi connectivity index (χ1) is 12.1. The molecule has 0 aromatic heterocycles. The number of hydrogen-bond donors (Lipinski definition) is 3. The van der Waals surface area contributed by atoms with E-state index in [1.165, 1.54) is 11.1 Å². The van der Waals surface area contributed by atoms with Gasteiger partial charge in [0.1, 0.15) is 0 Å². The van der Waals surface area contributed by atoms with Gasteiger partial charge in [-0.15, -0.1) is 0 Å². The third-order valence-corrected chi connectivity index (χ3v) is 4.93. The van der Waals surface area contributed by atoms with E-state index in [-0.39, 0.29) is 12.0 Å². The monoisotopic (exact) mass is 347 g/mol. The van der Waals surface area contributed by atoms with Gasteiger partial charge in [-0.2, -0.15) is 0 Å². The molecule has 0 spiro atoms. The number of guanidine groups is 1. The van der Waals surface area contributed by atoms with Crippen LogP contribution < -0.4 is 10.6 Å². The van der Waals surface area contributed by atoms with E-state index in [1.54, 1.807) is 0 Å². The second-order valence-electron chi connectivity index (χ2n) is 7.17. The maximum atomic E-state index is 9.35. The van der Waals surface area contributed by atoms with Gasteiger partial charge in [0.25, 0.3) is 0 Å². The lowest BCUT2D eigenvalue weighted by atomic mass is 9.84. The number of rotatable bonds is 8. The van der Waals surface area contributed by atoms with Crippen LogP contribution in [0.1, 0.15) is 43.7 Å². The molecule has 1 heterocycles. The first kappa shape index (κ1) is 19.7. The molecular formula is C20H33N3O2. The summed E-state index contributed by atoms with van der Waals surface area (Å²) < 4.78 is 5.55. The quantitative estimate of drug-likeness (QED) is 0.499. The van der Waals surface area contributed by atoms with Crippen LogP contribution in [-0.2, 0) is 4.74 Å². The Balaban J connectivity index is 1.95. The molecular weight excluding hydrogens is 314 g/mol. The van der Waals surface area contributed by atoms with Crippen LogP contribution in [-0.4, -0.2) is 50.5 Å². The molecule has 140 valence electrons. The molecule has 1 aliphatic heterocycles. The highest BCUT2D eigenvalue weighted by atomic mass is 16.5. The minimum atomic E-state index is -0.0146. The van der Waals surface area contributed by atoms with Gasteiger partial charge in [-0.05, 0) is 38.2 Å². The molecule has 1 aliphatic rings. The lowest BCUT2D eigenvalue weighted by molar-refractivity contribution is 0.131. The summed E-state index contributed by atoms with van der Waals surface area (Å²) in [6.07, 6.45) is 1.71. The summed E-state index contributed by atoms with van der Waals surface area (Å²) in [5, 5.41) is 16.1. The van der Waals surface area contributed by atoms with Crippen molar-refractivity contribution in [2.75, 3.05) is 39.5 Å². The zero-order valence-electron chi connectivity index (χ0n) is 15.8. The Labute approximate surface area is 151 Å². The van der Waals surface area contributed by atoms with E-state index in [0.29, 0.717) is 19.1 Å². The Morgan fingerprint density at radius 3 is 2.88 bits per heavy atom. The fourth-order valence-corrected chi connectivity index (χ4v) is 3.22. The summed E-state index contributed by atoms with van der Waals surface area (Å²) in [7, 11) is 0. The predicted molar refractivity (Wildman–Crippen MR) is 103 cm³/mol. The van der Waals surface area contributed by atoms with E-state index < -0.39 is 0 Å². The van der Waals surface area contributed by atoms with Crippen molar-refractivity contribution in [1.29, 1.82) is 0 Å². The topological polar surface area (TPSA) is 65.9 Å². The van der Waals surface area contributed by atoms with E-state index in [1.807, 2.05) is 0 Å². The highest BCUT2D eigenvalue weighted by Gasteiger charge is 2.34. The fourth-order valence-electron chi connectivity index (χ4n) is 3.22. The largest absolute Gasteiger partial charge is 0.396 e. The van der Waals surface area contributed by atoms with Crippen LogP contribution >= 0.6 is 0 Å². The van der Waals surface area contributed by atoms with Crippen LogP contribution in [0.4, 0.5) is 0 Å². The number of aliphatic hydroxyl groups excluding tert-OH is 1. The van der Waals surface area contributed by atoms with E-state index in [0.717, 1.165) is 38.5 Å². The minimum absolute atomic E-state index is 0.0146. The molecule has 2 rings (SSSR count). The van der Waals surface area contributed by atoms with Crippen LogP contribution in [0.3, 0.4) is 0 Å². The minimum Gasteiger partial charge on any atom is -0.396 e. The van der Waals surface area contributed by atoms with Crippen molar-refractivity contribution in [3.8, 4) is 0 Å². The number of hydrogen-bond acceptors (Lipinski definition) is 3. The second-order valence-corrected chi connectivity index (χ2v) is 7.17. The molecule has 0 amide bonds. The smallest absolute Gasteiger partial charge is 0.191 e. The Hall–Kier alpha value is -1.59. The maximum absolute atomic E-state index is 9.35. The van der Waals surface area contributed by atoms with Crippen LogP contribution in [0.15, 0.2) is 29.3 Å². The molecule has 0 aliphatic carbocycles. The molecule has 1 saturated heterocycles. The molecule has 0 radical (unpaired) electrons. The summed E-state index contributed by atoms with van der Waals surface area (Å²) in [5.74, 6) is 1.25. The highest BCUT2D eigenvalue weighted by Crippen LogP contribution is 2.32. The molecule has 1 aromatic rings. The van der Waals surface area contributed by atoms with Crippen molar-refractivity contribution in [2.24, 2.45) is 10.4 Å². The molecule has 5 heteroatoms. The van der Waals surface area contributed by atoms with Crippen LogP contribution in [0.5, 0.6) is 0 Å². The van der Waals surface area contributed by atoms with Gasteiger partial charge in [0.15, 0.2) is 5.96 Å². The van der Waals surface area contributed by atoms with Gasteiger partial charge >= 0.3 is 0 Å². The summed E-state index contributed by atoms with van der Waals surface area (Å²) in [4.78, 5) is 4.77. The number of aryl methyl sites for hydroxylation is 1. The number of nitrogens with one attached hydrogen (secondary N) is 2. The Morgan fingerprint density at radius 2 is 2.24 bits per heavy atom. The zero-order chi connectivity index (χ0) is 18.1. The summed E-state index contributed by atoms with van der Waals surface area (Å²) in [5.41, 5.74) is 2.61.